The van der Waals surface area contributed by atoms with Crippen LogP contribution < -0.4 is 10.1 Å². The summed E-state index contributed by atoms with van der Waals surface area (Å²) in [5, 5.41) is 20.6. The maximum atomic E-state index is 13.6. The van der Waals surface area contributed by atoms with Gasteiger partial charge in [-0.1, -0.05) is 0 Å². The molecule has 16 heavy (non-hydrogen) atoms. The van der Waals surface area contributed by atoms with E-state index in [0.717, 1.165) is 0 Å². The molecule has 0 amide bonds. The number of hydrogen-bond donors (Lipinski definition) is 3. The Hall–Kier alpha value is -0.600. The Balaban J connectivity index is 2.84. The third-order valence-electron chi connectivity index (χ3n) is 1.99. The maximum absolute atomic E-state index is 13.6. The fourth-order valence-corrected chi connectivity index (χ4v) is 1.59. The minimum atomic E-state index is -0.882. The van der Waals surface area contributed by atoms with Gasteiger partial charge in [0.25, 0.3) is 0 Å². The number of methoxy groups -OCH3 is 1. The van der Waals surface area contributed by atoms with Gasteiger partial charge in [-0.2, -0.15) is 0 Å². The molecule has 1 atom stereocenters. The lowest BCUT2D eigenvalue weighted by atomic mass is 10.2. The van der Waals surface area contributed by atoms with E-state index in [0.29, 0.717) is 9.26 Å². The maximum Gasteiger partial charge on any atom is 0.180 e. The Labute approximate surface area is 107 Å². The number of aliphatic hydroxyl groups excluding tert-OH is 2. The molecule has 0 saturated carbocycles. The average Bonchev–Trinajstić information content (AvgIpc) is 2.30. The van der Waals surface area contributed by atoms with E-state index in [1.165, 1.54) is 7.11 Å². The van der Waals surface area contributed by atoms with Gasteiger partial charge in [0.1, 0.15) is 0 Å². The highest BCUT2D eigenvalue weighted by Crippen LogP contribution is 2.30. The van der Waals surface area contributed by atoms with Crippen LogP contribution in [-0.2, 0) is 0 Å². The molecule has 1 unspecified atom stereocenters. The van der Waals surface area contributed by atoms with Crippen LogP contribution in [0.15, 0.2) is 12.1 Å². The van der Waals surface area contributed by atoms with Crippen LogP contribution in [-0.4, -0.2) is 36.6 Å². The zero-order valence-corrected chi connectivity index (χ0v) is 10.9. The normalized spacial score (nSPS) is 12.3. The SMILES string of the molecule is COc1c(NCC(O)CO)ccc(I)c1F. The second-order valence-electron chi connectivity index (χ2n) is 3.16. The fraction of sp³-hybridized carbons (Fsp3) is 0.400. The standard InChI is InChI=1S/C10H13FINO3/c1-16-10-8(13-4-6(15)5-14)3-2-7(12)9(10)11/h2-3,6,13-15H,4-5H2,1H3. The Morgan fingerprint density at radius 1 is 1.56 bits per heavy atom. The van der Waals surface area contributed by atoms with Crippen LogP contribution in [0.25, 0.3) is 0 Å². The summed E-state index contributed by atoms with van der Waals surface area (Å²) in [6.07, 6.45) is -0.882. The molecule has 1 aromatic rings. The van der Waals surface area contributed by atoms with E-state index in [4.69, 9.17) is 14.9 Å². The van der Waals surface area contributed by atoms with E-state index < -0.39 is 11.9 Å². The lowest BCUT2D eigenvalue weighted by Crippen LogP contribution is -2.23. The van der Waals surface area contributed by atoms with Crippen LogP contribution in [0.5, 0.6) is 5.75 Å². The van der Waals surface area contributed by atoms with E-state index in [1.807, 2.05) is 22.6 Å². The number of halogens is 2. The summed E-state index contributed by atoms with van der Waals surface area (Å²) in [5.41, 5.74) is 0.452. The van der Waals surface area contributed by atoms with Gasteiger partial charge in [-0.25, -0.2) is 4.39 Å². The summed E-state index contributed by atoms with van der Waals surface area (Å²) in [5.74, 6) is -0.330. The largest absolute Gasteiger partial charge is 0.492 e. The summed E-state index contributed by atoms with van der Waals surface area (Å²) >= 11 is 1.87. The number of aliphatic hydroxyl groups is 2. The lowest BCUT2D eigenvalue weighted by Gasteiger charge is -2.14. The van der Waals surface area contributed by atoms with Gasteiger partial charge in [0, 0.05) is 6.54 Å². The van der Waals surface area contributed by atoms with Crippen molar-refractivity contribution in [1.82, 2.24) is 0 Å². The van der Waals surface area contributed by atoms with Gasteiger partial charge in [-0.05, 0) is 34.7 Å². The molecule has 1 rings (SSSR count). The zero-order valence-electron chi connectivity index (χ0n) is 8.70. The van der Waals surface area contributed by atoms with Crippen molar-refractivity contribution in [2.75, 3.05) is 25.6 Å². The predicted octanol–water partition coefficient (Wildman–Crippen LogP) is 1.20. The van der Waals surface area contributed by atoms with Crippen LogP contribution in [0.4, 0.5) is 10.1 Å². The van der Waals surface area contributed by atoms with E-state index in [9.17, 15) is 4.39 Å². The van der Waals surface area contributed by atoms with Crippen molar-refractivity contribution < 1.29 is 19.3 Å². The Kier molecular flexibility index (Phi) is 5.23. The highest BCUT2D eigenvalue weighted by molar-refractivity contribution is 14.1. The number of benzene rings is 1. The number of ether oxygens (including phenoxy) is 1. The quantitative estimate of drug-likeness (QED) is 0.705. The minimum absolute atomic E-state index is 0.108. The van der Waals surface area contributed by atoms with Crippen molar-refractivity contribution in [3.8, 4) is 5.75 Å². The summed E-state index contributed by atoms with van der Waals surface area (Å²) in [6.45, 7) is -0.213. The average molecular weight is 341 g/mol. The summed E-state index contributed by atoms with van der Waals surface area (Å²) in [7, 11) is 1.38. The predicted molar refractivity (Wildman–Crippen MR) is 67.3 cm³/mol. The molecule has 0 aliphatic carbocycles. The molecule has 90 valence electrons. The monoisotopic (exact) mass is 341 g/mol. The molecule has 0 radical (unpaired) electrons. The van der Waals surface area contributed by atoms with E-state index in [1.54, 1.807) is 12.1 Å². The van der Waals surface area contributed by atoms with Crippen LogP contribution >= 0.6 is 22.6 Å². The molecule has 0 fully saturated rings. The first kappa shape index (κ1) is 13.5. The van der Waals surface area contributed by atoms with Crippen molar-refractivity contribution in [1.29, 1.82) is 0 Å². The van der Waals surface area contributed by atoms with Gasteiger partial charge in [0.2, 0.25) is 0 Å². The number of nitrogens with one attached hydrogen (secondary N) is 1. The van der Waals surface area contributed by atoms with Crippen LogP contribution in [0, 0.1) is 9.39 Å². The third-order valence-corrected chi connectivity index (χ3v) is 2.83. The lowest BCUT2D eigenvalue weighted by molar-refractivity contribution is 0.105. The fourth-order valence-electron chi connectivity index (χ4n) is 1.16. The highest BCUT2D eigenvalue weighted by Gasteiger charge is 2.13. The van der Waals surface area contributed by atoms with Gasteiger partial charge in [0.15, 0.2) is 11.6 Å². The summed E-state index contributed by atoms with van der Waals surface area (Å²) < 4.78 is 19.0. The first-order chi connectivity index (χ1) is 7.60. The molecule has 3 N–H and O–H groups in total. The first-order valence-electron chi connectivity index (χ1n) is 4.65. The molecule has 0 aliphatic heterocycles. The Bertz CT molecular complexity index is 362. The number of rotatable bonds is 5. The van der Waals surface area contributed by atoms with Crippen LogP contribution in [0.2, 0.25) is 0 Å². The van der Waals surface area contributed by atoms with Crippen molar-refractivity contribution in [3.63, 3.8) is 0 Å². The third kappa shape index (κ3) is 3.19. The van der Waals surface area contributed by atoms with E-state index >= 15 is 0 Å². The van der Waals surface area contributed by atoms with Crippen LogP contribution in [0.3, 0.4) is 0 Å². The zero-order chi connectivity index (χ0) is 12.1. The second kappa shape index (κ2) is 6.21. The van der Waals surface area contributed by atoms with Gasteiger partial charge < -0.3 is 20.3 Å². The van der Waals surface area contributed by atoms with Crippen molar-refractivity contribution >= 4 is 28.3 Å². The van der Waals surface area contributed by atoms with Gasteiger partial charge >= 0.3 is 0 Å². The van der Waals surface area contributed by atoms with Crippen molar-refractivity contribution in [2.24, 2.45) is 0 Å². The molecule has 1 aromatic carbocycles. The van der Waals surface area contributed by atoms with Gasteiger partial charge in [-0.15, -0.1) is 0 Å². The van der Waals surface area contributed by atoms with E-state index in [2.05, 4.69) is 5.32 Å². The second-order valence-corrected chi connectivity index (χ2v) is 4.32. The molecular weight excluding hydrogens is 328 g/mol. The molecule has 0 saturated heterocycles. The highest BCUT2D eigenvalue weighted by atomic mass is 127. The molecule has 0 aromatic heterocycles. The van der Waals surface area contributed by atoms with Crippen molar-refractivity contribution in [3.05, 3.63) is 21.5 Å². The summed E-state index contributed by atoms with van der Waals surface area (Å²) in [6, 6.07) is 3.26. The Morgan fingerprint density at radius 3 is 2.81 bits per heavy atom. The topological polar surface area (TPSA) is 61.7 Å². The van der Waals surface area contributed by atoms with Crippen LogP contribution in [0.1, 0.15) is 0 Å². The van der Waals surface area contributed by atoms with Gasteiger partial charge in [0.05, 0.1) is 29.1 Å². The molecule has 0 aliphatic rings. The number of anilines is 1. The summed E-state index contributed by atoms with van der Waals surface area (Å²) in [4.78, 5) is 0. The molecular formula is C10H13FINO3. The minimum Gasteiger partial charge on any atom is -0.492 e. The molecule has 0 heterocycles. The first-order valence-corrected chi connectivity index (χ1v) is 5.72. The molecule has 0 bridgehead atoms. The number of hydrogen-bond acceptors (Lipinski definition) is 4. The Morgan fingerprint density at radius 2 is 2.25 bits per heavy atom. The van der Waals surface area contributed by atoms with Gasteiger partial charge in [-0.3, -0.25) is 0 Å². The molecule has 4 nitrogen and oxygen atoms in total. The van der Waals surface area contributed by atoms with Crippen molar-refractivity contribution in [2.45, 2.75) is 6.10 Å². The smallest absolute Gasteiger partial charge is 0.180 e. The molecule has 0 spiro atoms. The molecule has 6 heteroatoms. The van der Waals surface area contributed by atoms with E-state index in [-0.39, 0.29) is 18.9 Å².